The molecule has 9 heteroatoms. The molecule has 2 aliphatic rings. The zero-order chi connectivity index (χ0) is 23.3. The lowest BCUT2D eigenvalue weighted by Gasteiger charge is -2.39. The van der Waals surface area contributed by atoms with E-state index < -0.39 is 10.2 Å². The molecule has 8 nitrogen and oxygen atoms in total. The summed E-state index contributed by atoms with van der Waals surface area (Å²) in [5.41, 5.74) is 0.898. The Morgan fingerprint density at radius 2 is 1.84 bits per heavy atom. The SMILES string of the molecule is CCOc1ccc(CNC(=O)[C@@H]2CCCN(S(=O)(=O)N3C[C@H](C)C[C@H](C)C3)C2)cc1OC. The number of nitrogens with zero attached hydrogens (tertiary/aromatic N) is 2. The number of amides is 1. The summed E-state index contributed by atoms with van der Waals surface area (Å²) >= 11 is 0. The molecular formula is C23H37N3O5S. The molecule has 0 saturated carbocycles. The lowest BCUT2D eigenvalue weighted by molar-refractivity contribution is -0.126. The first-order chi connectivity index (χ1) is 15.2. The van der Waals surface area contributed by atoms with Crippen LogP contribution in [0, 0.1) is 17.8 Å². The average molecular weight is 468 g/mol. The van der Waals surface area contributed by atoms with Gasteiger partial charge in [-0.15, -0.1) is 0 Å². The number of benzene rings is 1. The minimum atomic E-state index is -3.55. The molecule has 0 aromatic heterocycles. The molecule has 1 amide bonds. The van der Waals surface area contributed by atoms with Gasteiger partial charge in [-0.1, -0.05) is 19.9 Å². The second-order valence-electron chi connectivity index (χ2n) is 9.10. The molecule has 1 N–H and O–H groups in total. The Hall–Kier alpha value is -1.84. The van der Waals surface area contributed by atoms with Gasteiger partial charge in [-0.25, -0.2) is 0 Å². The Balaban J connectivity index is 1.59. The molecule has 2 fully saturated rings. The van der Waals surface area contributed by atoms with Crippen LogP contribution in [0.15, 0.2) is 18.2 Å². The molecule has 0 spiro atoms. The van der Waals surface area contributed by atoms with Crippen LogP contribution in [-0.2, 0) is 21.5 Å². The number of nitrogens with one attached hydrogen (secondary N) is 1. The standard InChI is InChI=1S/C23H37N3O5S/c1-5-31-21-9-8-19(12-22(21)30-4)13-24-23(27)20-7-6-10-25(16-20)32(28,29)26-14-17(2)11-18(3)15-26/h8-9,12,17-18,20H,5-7,10-11,13-16H2,1-4H3,(H,24,27)/t17-,18+,20-/m1/s1. The molecule has 0 aliphatic carbocycles. The van der Waals surface area contributed by atoms with Gasteiger partial charge in [-0.3, -0.25) is 4.79 Å². The van der Waals surface area contributed by atoms with Gasteiger partial charge in [0.25, 0.3) is 10.2 Å². The minimum Gasteiger partial charge on any atom is -0.493 e. The van der Waals surface area contributed by atoms with Gasteiger partial charge in [0.2, 0.25) is 5.91 Å². The molecule has 2 aliphatic heterocycles. The lowest BCUT2D eigenvalue weighted by atomic mass is 9.94. The fraction of sp³-hybridized carbons (Fsp3) is 0.696. The van der Waals surface area contributed by atoms with E-state index in [0.717, 1.165) is 12.0 Å². The summed E-state index contributed by atoms with van der Waals surface area (Å²) in [7, 11) is -1.96. The third-order valence-corrected chi connectivity index (χ3v) is 8.17. The Bertz CT molecular complexity index is 882. The van der Waals surface area contributed by atoms with E-state index in [9.17, 15) is 13.2 Å². The summed E-state index contributed by atoms with van der Waals surface area (Å²) in [5.74, 6) is 1.53. The van der Waals surface area contributed by atoms with Gasteiger partial charge in [-0.05, 0) is 55.7 Å². The van der Waals surface area contributed by atoms with Gasteiger partial charge >= 0.3 is 0 Å². The molecule has 3 rings (SSSR count). The number of hydrogen-bond donors (Lipinski definition) is 1. The second-order valence-corrected chi connectivity index (χ2v) is 11.0. The molecule has 3 atom stereocenters. The number of methoxy groups -OCH3 is 1. The van der Waals surface area contributed by atoms with Crippen molar-refractivity contribution in [2.24, 2.45) is 17.8 Å². The normalized spacial score (nSPS) is 25.3. The number of ether oxygens (including phenoxy) is 2. The fourth-order valence-corrected chi connectivity index (χ4v) is 6.69. The van der Waals surface area contributed by atoms with Gasteiger partial charge < -0.3 is 14.8 Å². The lowest BCUT2D eigenvalue weighted by Crippen LogP contribution is -2.53. The van der Waals surface area contributed by atoms with E-state index >= 15 is 0 Å². The molecule has 1 aromatic rings. The van der Waals surface area contributed by atoms with Crippen molar-refractivity contribution in [1.82, 2.24) is 13.9 Å². The summed E-state index contributed by atoms with van der Waals surface area (Å²) in [5, 5.41) is 2.97. The summed E-state index contributed by atoms with van der Waals surface area (Å²) < 4.78 is 40.5. The number of piperidine rings is 2. The highest BCUT2D eigenvalue weighted by molar-refractivity contribution is 7.86. The maximum Gasteiger partial charge on any atom is 0.282 e. The summed E-state index contributed by atoms with van der Waals surface area (Å²) in [6.07, 6.45) is 2.43. The van der Waals surface area contributed by atoms with Crippen LogP contribution in [-0.4, -0.2) is 62.8 Å². The molecule has 32 heavy (non-hydrogen) atoms. The first-order valence-corrected chi connectivity index (χ1v) is 13.0. The molecule has 2 saturated heterocycles. The van der Waals surface area contributed by atoms with Crippen molar-refractivity contribution >= 4 is 16.1 Å². The van der Waals surface area contributed by atoms with E-state index in [1.807, 2.05) is 25.1 Å². The summed E-state index contributed by atoms with van der Waals surface area (Å²) in [6.45, 7) is 8.82. The quantitative estimate of drug-likeness (QED) is 0.635. The first kappa shape index (κ1) is 24.8. The summed E-state index contributed by atoms with van der Waals surface area (Å²) in [4.78, 5) is 12.8. The van der Waals surface area contributed by atoms with Crippen LogP contribution < -0.4 is 14.8 Å². The van der Waals surface area contributed by atoms with Gasteiger partial charge in [0.05, 0.1) is 19.6 Å². The molecule has 0 bridgehead atoms. The minimum absolute atomic E-state index is 0.113. The topological polar surface area (TPSA) is 88.2 Å². The molecule has 2 heterocycles. The monoisotopic (exact) mass is 467 g/mol. The Morgan fingerprint density at radius 1 is 1.12 bits per heavy atom. The van der Waals surface area contributed by atoms with Crippen molar-refractivity contribution in [1.29, 1.82) is 0 Å². The maximum atomic E-state index is 13.2. The van der Waals surface area contributed by atoms with Crippen LogP contribution in [0.4, 0.5) is 0 Å². The summed E-state index contributed by atoms with van der Waals surface area (Å²) in [6, 6.07) is 5.57. The van der Waals surface area contributed by atoms with Gasteiger partial charge in [0, 0.05) is 32.7 Å². The molecule has 0 unspecified atom stereocenters. The van der Waals surface area contributed by atoms with Crippen molar-refractivity contribution in [2.75, 3.05) is 39.9 Å². The van der Waals surface area contributed by atoms with Crippen LogP contribution in [0.1, 0.15) is 45.6 Å². The number of hydrogen-bond acceptors (Lipinski definition) is 5. The van der Waals surface area contributed by atoms with E-state index in [-0.39, 0.29) is 18.4 Å². The number of carbonyl (C=O) groups excluding carboxylic acids is 1. The van der Waals surface area contributed by atoms with E-state index in [2.05, 4.69) is 19.2 Å². The van der Waals surface area contributed by atoms with Gasteiger partial charge in [0.15, 0.2) is 11.5 Å². The highest BCUT2D eigenvalue weighted by atomic mass is 32.2. The fourth-order valence-electron chi connectivity index (χ4n) is 4.75. The largest absolute Gasteiger partial charge is 0.493 e. The van der Waals surface area contributed by atoms with Crippen molar-refractivity contribution < 1.29 is 22.7 Å². The van der Waals surface area contributed by atoms with Crippen LogP contribution in [0.25, 0.3) is 0 Å². The van der Waals surface area contributed by atoms with E-state index in [1.165, 1.54) is 4.31 Å². The van der Waals surface area contributed by atoms with Crippen LogP contribution in [0.2, 0.25) is 0 Å². The van der Waals surface area contributed by atoms with Crippen LogP contribution in [0.5, 0.6) is 11.5 Å². The Morgan fingerprint density at radius 3 is 2.50 bits per heavy atom. The third kappa shape index (κ3) is 5.94. The van der Waals surface area contributed by atoms with E-state index in [0.29, 0.717) is 69.0 Å². The number of rotatable bonds is 8. The molecule has 0 radical (unpaired) electrons. The van der Waals surface area contributed by atoms with Crippen molar-refractivity contribution in [2.45, 2.75) is 46.6 Å². The molecule has 1 aromatic carbocycles. The molecule has 180 valence electrons. The second kappa shape index (κ2) is 10.9. The van der Waals surface area contributed by atoms with E-state index in [4.69, 9.17) is 9.47 Å². The zero-order valence-corrected chi connectivity index (χ0v) is 20.5. The van der Waals surface area contributed by atoms with Crippen molar-refractivity contribution in [3.63, 3.8) is 0 Å². The van der Waals surface area contributed by atoms with Gasteiger partial charge in [-0.2, -0.15) is 17.0 Å². The predicted molar refractivity (Wildman–Crippen MR) is 124 cm³/mol. The maximum absolute atomic E-state index is 13.2. The van der Waals surface area contributed by atoms with Crippen LogP contribution in [0.3, 0.4) is 0 Å². The Kier molecular flexibility index (Phi) is 8.41. The highest BCUT2D eigenvalue weighted by Crippen LogP contribution is 2.29. The first-order valence-electron chi connectivity index (χ1n) is 11.6. The van der Waals surface area contributed by atoms with Gasteiger partial charge in [0.1, 0.15) is 0 Å². The number of carbonyl (C=O) groups is 1. The average Bonchev–Trinajstić information content (AvgIpc) is 2.77. The van der Waals surface area contributed by atoms with Crippen molar-refractivity contribution in [3.8, 4) is 11.5 Å². The highest BCUT2D eigenvalue weighted by Gasteiger charge is 2.38. The van der Waals surface area contributed by atoms with E-state index in [1.54, 1.807) is 11.4 Å². The zero-order valence-electron chi connectivity index (χ0n) is 19.7. The van der Waals surface area contributed by atoms with Crippen molar-refractivity contribution in [3.05, 3.63) is 23.8 Å². The Labute approximate surface area is 192 Å². The smallest absolute Gasteiger partial charge is 0.282 e. The third-order valence-electron chi connectivity index (χ3n) is 6.24. The predicted octanol–water partition coefficient (Wildman–Crippen LogP) is 2.64. The molecular weight excluding hydrogens is 430 g/mol. The van der Waals surface area contributed by atoms with Crippen LogP contribution >= 0.6 is 0 Å².